The van der Waals surface area contributed by atoms with Crippen LogP contribution < -0.4 is 0 Å². The number of rotatable bonds is 0. The summed E-state index contributed by atoms with van der Waals surface area (Å²) in [5.41, 5.74) is 7.80. The van der Waals surface area contributed by atoms with Crippen LogP contribution >= 0.6 is 0 Å². The molecule has 0 fully saturated rings. The van der Waals surface area contributed by atoms with Crippen molar-refractivity contribution in [3.05, 3.63) is 120 Å². The van der Waals surface area contributed by atoms with E-state index in [1.807, 2.05) is 109 Å². The minimum atomic E-state index is -2.04. The maximum atomic E-state index is 14.5. The molecule has 10 bridgehead atoms. The molecule has 3 aromatic heterocycles. The number of H-pyrrole nitrogens is 2. The van der Waals surface area contributed by atoms with Crippen LogP contribution in [0.4, 0.5) is 0 Å². The standard InChI is InChI=1S/C40H24N4O4/c45-37-31-33-23-13-5-3-11-21(23)29(42-33)17-27-19-9-1-2-10-20(19)28(41-27)18-30-22-12-4-6-14-24(22)34(43-30)32(38(46)40(48)39(37)47)36-26-16-8-7-15-25(26)35(31)44-36/h1-18,39-40,42-43,47-48H. The summed E-state index contributed by atoms with van der Waals surface area (Å²) in [6.45, 7) is 0. The number of ketones is 2. The van der Waals surface area contributed by atoms with Gasteiger partial charge in [-0.1, -0.05) is 97.1 Å². The van der Waals surface area contributed by atoms with E-state index in [9.17, 15) is 19.8 Å². The Morgan fingerprint density at radius 2 is 0.854 bits per heavy atom. The molecule has 3 aliphatic heterocycles. The van der Waals surface area contributed by atoms with Crippen LogP contribution in [0.25, 0.3) is 88.6 Å². The van der Waals surface area contributed by atoms with Crippen LogP contribution in [-0.2, 0) is 0 Å². The van der Waals surface area contributed by atoms with Gasteiger partial charge in [0.2, 0.25) is 0 Å². The number of aliphatic hydroxyl groups is 2. The first-order chi connectivity index (χ1) is 23.5. The lowest BCUT2D eigenvalue weighted by Crippen LogP contribution is -2.40. The zero-order valence-electron chi connectivity index (χ0n) is 25.2. The normalized spacial score (nSPS) is 16.6. The minimum absolute atomic E-state index is 0.0902. The van der Waals surface area contributed by atoms with Crippen LogP contribution in [0.5, 0.6) is 0 Å². The van der Waals surface area contributed by atoms with E-state index in [1.165, 1.54) is 0 Å². The van der Waals surface area contributed by atoms with E-state index in [0.717, 1.165) is 44.1 Å². The van der Waals surface area contributed by atoms with Gasteiger partial charge in [0.15, 0.2) is 23.8 Å². The van der Waals surface area contributed by atoms with Crippen LogP contribution in [0.3, 0.4) is 0 Å². The SMILES string of the molecule is O=C1c2c3nc(c(c4[nH]c(cc5nc(cc6[nH]c2c2ccccc62)-c2ccccc2-5)c2ccccc42)C(=O)C(O)C1O)-c1ccccc1-3. The second-order valence-corrected chi connectivity index (χ2v) is 12.4. The number of aromatic amines is 2. The first kappa shape index (κ1) is 26.9. The van der Waals surface area contributed by atoms with Crippen molar-refractivity contribution in [1.29, 1.82) is 0 Å². The van der Waals surface area contributed by atoms with Gasteiger partial charge in [-0.3, -0.25) is 9.59 Å². The molecule has 0 aliphatic carbocycles. The fraction of sp³-hybridized carbons (Fsp3) is 0.0500. The quantitative estimate of drug-likeness (QED) is 0.139. The number of hydrogen-bond acceptors (Lipinski definition) is 6. The Balaban J connectivity index is 1.54. The molecule has 2 unspecified atom stereocenters. The maximum Gasteiger partial charge on any atom is 0.198 e. The number of carbonyl (C=O) groups is 2. The van der Waals surface area contributed by atoms with Gasteiger partial charge in [-0.2, -0.15) is 0 Å². The van der Waals surface area contributed by atoms with Crippen molar-refractivity contribution in [2.45, 2.75) is 12.2 Å². The number of nitrogens with one attached hydrogen (secondary N) is 2. The zero-order valence-corrected chi connectivity index (χ0v) is 25.2. The average molecular weight is 625 g/mol. The van der Waals surface area contributed by atoms with Gasteiger partial charge in [-0.15, -0.1) is 0 Å². The molecule has 2 atom stereocenters. The Morgan fingerprint density at radius 1 is 0.479 bits per heavy atom. The van der Waals surface area contributed by atoms with Crippen molar-refractivity contribution >= 4 is 55.2 Å². The van der Waals surface area contributed by atoms with Crippen LogP contribution in [0.2, 0.25) is 0 Å². The molecule has 4 N–H and O–H groups in total. The second-order valence-electron chi connectivity index (χ2n) is 12.4. The smallest absolute Gasteiger partial charge is 0.198 e. The minimum Gasteiger partial charge on any atom is -0.382 e. The van der Waals surface area contributed by atoms with E-state index in [0.29, 0.717) is 44.6 Å². The van der Waals surface area contributed by atoms with Gasteiger partial charge in [0.25, 0.3) is 0 Å². The van der Waals surface area contributed by atoms with E-state index in [2.05, 4.69) is 9.97 Å². The van der Waals surface area contributed by atoms with Crippen molar-refractivity contribution in [1.82, 2.24) is 19.9 Å². The van der Waals surface area contributed by atoms with Gasteiger partial charge in [0.05, 0.1) is 44.9 Å². The predicted molar refractivity (Wildman–Crippen MR) is 186 cm³/mol. The summed E-state index contributed by atoms with van der Waals surface area (Å²) < 4.78 is 0. The van der Waals surface area contributed by atoms with Gasteiger partial charge in [-0.05, 0) is 12.1 Å². The number of aromatic nitrogens is 4. The van der Waals surface area contributed by atoms with Gasteiger partial charge in [0, 0.05) is 54.8 Å². The first-order valence-electron chi connectivity index (χ1n) is 15.7. The van der Waals surface area contributed by atoms with Gasteiger partial charge < -0.3 is 20.2 Å². The monoisotopic (exact) mass is 624 g/mol. The molecule has 48 heavy (non-hydrogen) atoms. The summed E-state index contributed by atoms with van der Waals surface area (Å²) in [7, 11) is 0. The molecule has 7 aromatic rings. The van der Waals surface area contributed by atoms with E-state index in [-0.39, 0.29) is 11.1 Å². The highest BCUT2D eigenvalue weighted by Gasteiger charge is 2.40. The lowest BCUT2D eigenvalue weighted by atomic mass is 9.89. The van der Waals surface area contributed by atoms with Gasteiger partial charge >= 0.3 is 0 Å². The third kappa shape index (κ3) is 3.55. The number of carbonyl (C=O) groups excluding carboxylic acids is 2. The number of aliphatic hydroxyl groups excluding tert-OH is 2. The molecule has 0 amide bonds. The van der Waals surface area contributed by atoms with Crippen LogP contribution in [-0.4, -0.2) is 53.9 Å². The number of Topliss-reactive ketones (excluding diaryl/α,β-unsaturated/α-hetero) is 2. The molecule has 3 aliphatic rings. The third-order valence-electron chi connectivity index (χ3n) is 9.74. The summed E-state index contributed by atoms with van der Waals surface area (Å²) in [6.07, 6.45) is -4.09. The molecule has 0 saturated heterocycles. The number of benzene rings is 4. The lowest BCUT2D eigenvalue weighted by molar-refractivity contribution is 0.0218. The highest BCUT2D eigenvalue weighted by Crippen LogP contribution is 2.45. The van der Waals surface area contributed by atoms with Gasteiger partial charge in [0.1, 0.15) is 0 Å². The molecule has 0 saturated carbocycles. The average Bonchev–Trinajstić information content (AvgIpc) is 3.87. The summed E-state index contributed by atoms with van der Waals surface area (Å²) in [4.78, 5) is 46.1. The van der Waals surface area contributed by atoms with Crippen molar-refractivity contribution in [2.24, 2.45) is 0 Å². The topological polar surface area (TPSA) is 132 Å². The van der Waals surface area contributed by atoms with E-state index >= 15 is 0 Å². The Labute approximate surface area is 272 Å². The first-order valence-corrected chi connectivity index (χ1v) is 15.7. The fourth-order valence-electron chi connectivity index (χ4n) is 7.51. The summed E-state index contributed by atoms with van der Waals surface area (Å²) in [5, 5.41) is 26.1. The Kier molecular flexibility index (Phi) is 5.42. The van der Waals surface area contributed by atoms with Crippen LogP contribution in [0.15, 0.2) is 109 Å². The Hall–Kier alpha value is -6.22. The van der Waals surface area contributed by atoms with Crippen LogP contribution in [0.1, 0.15) is 20.7 Å². The van der Waals surface area contributed by atoms with Crippen LogP contribution in [0, 0.1) is 0 Å². The fourth-order valence-corrected chi connectivity index (χ4v) is 7.51. The van der Waals surface area contributed by atoms with E-state index < -0.39 is 23.8 Å². The summed E-state index contributed by atoms with van der Waals surface area (Å²) in [6, 6.07) is 34.7. The lowest BCUT2D eigenvalue weighted by Gasteiger charge is -2.18. The highest BCUT2D eigenvalue weighted by atomic mass is 16.3. The summed E-state index contributed by atoms with van der Waals surface area (Å²) in [5.74, 6) is -1.61. The highest BCUT2D eigenvalue weighted by molar-refractivity contribution is 6.25. The van der Waals surface area contributed by atoms with Crippen molar-refractivity contribution < 1.29 is 19.8 Å². The predicted octanol–water partition coefficient (Wildman–Crippen LogP) is 7.39. The molecule has 6 heterocycles. The Morgan fingerprint density at radius 3 is 1.29 bits per heavy atom. The molecule has 4 aromatic carbocycles. The molecular weight excluding hydrogens is 600 g/mol. The summed E-state index contributed by atoms with van der Waals surface area (Å²) >= 11 is 0. The van der Waals surface area contributed by atoms with Crippen molar-refractivity contribution in [2.75, 3.05) is 0 Å². The molecule has 0 spiro atoms. The zero-order chi connectivity index (χ0) is 32.3. The second kappa shape index (κ2) is 9.65. The number of hydrogen-bond donors (Lipinski definition) is 4. The molecule has 0 radical (unpaired) electrons. The number of nitrogens with zero attached hydrogens (tertiary/aromatic N) is 2. The largest absolute Gasteiger partial charge is 0.382 e. The molecular formula is C40H24N4O4. The van der Waals surface area contributed by atoms with Crippen molar-refractivity contribution in [3.63, 3.8) is 0 Å². The molecule has 8 heteroatoms. The Bertz CT molecular complexity index is 2590. The van der Waals surface area contributed by atoms with E-state index in [4.69, 9.17) is 9.97 Å². The molecule has 8 nitrogen and oxygen atoms in total. The third-order valence-corrected chi connectivity index (χ3v) is 9.74. The van der Waals surface area contributed by atoms with E-state index in [1.54, 1.807) is 0 Å². The molecule has 10 rings (SSSR count). The maximum absolute atomic E-state index is 14.5. The van der Waals surface area contributed by atoms with Gasteiger partial charge in [-0.25, -0.2) is 9.97 Å². The molecule has 228 valence electrons. The number of fused-ring (bicyclic) bond motifs is 18. The van der Waals surface area contributed by atoms with Crippen molar-refractivity contribution in [3.8, 4) is 45.0 Å².